The molecule has 0 aliphatic rings. The Morgan fingerprint density at radius 3 is 2.22 bits per heavy atom. The van der Waals surface area contributed by atoms with Crippen molar-refractivity contribution >= 4 is 19.4 Å². The molecule has 1 amide bonds. The zero-order valence-corrected chi connectivity index (χ0v) is 15.5. The quantitative estimate of drug-likeness (QED) is 0.846. The van der Waals surface area contributed by atoms with Gasteiger partial charge in [-0.3, -0.25) is 0 Å². The molecule has 3 nitrogen and oxygen atoms in total. The summed E-state index contributed by atoms with van der Waals surface area (Å²) in [7, 11) is -1.61. The molecule has 0 saturated heterocycles. The summed E-state index contributed by atoms with van der Waals surface area (Å²) in [6.07, 6.45) is -0.398. The number of ether oxygens (including phenoxy) is 1. The van der Waals surface area contributed by atoms with Gasteiger partial charge in [0.1, 0.15) is 5.75 Å². The van der Waals surface area contributed by atoms with E-state index < -0.39 is 14.2 Å². The molecule has 23 heavy (non-hydrogen) atoms. The lowest BCUT2D eigenvalue weighted by atomic mass is 10.1. The number of carbonyl (C=O) groups is 1. The number of amides is 1. The molecule has 0 spiro atoms. The first-order valence-corrected chi connectivity index (χ1v) is 11.5. The Hall–Kier alpha value is -2.07. The highest BCUT2D eigenvalue weighted by Crippen LogP contribution is 2.24. The average Bonchev–Trinajstić information content (AvgIpc) is 2.46. The second kappa shape index (κ2) is 7.00. The fourth-order valence-electron chi connectivity index (χ4n) is 2.40. The van der Waals surface area contributed by atoms with Crippen molar-refractivity contribution in [1.29, 1.82) is 0 Å². The van der Waals surface area contributed by atoms with E-state index in [1.807, 2.05) is 38.1 Å². The van der Waals surface area contributed by atoms with Gasteiger partial charge in [0.2, 0.25) is 0 Å². The highest BCUT2D eigenvalue weighted by Gasteiger charge is 2.23. The molecule has 1 N–H and O–H groups in total. The maximum absolute atomic E-state index is 12.0. The monoisotopic (exact) mass is 327 g/mol. The molecular weight excluding hydrogens is 302 g/mol. The van der Waals surface area contributed by atoms with E-state index >= 15 is 0 Å². The first-order valence-electron chi connectivity index (χ1n) is 7.95. The fraction of sp³-hybridized carbons (Fsp3) is 0.316. The van der Waals surface area contributed by atoms with Crippen molar-refractivity contribution < 1.29 is 9.53 Å². The standard InChI is InChI=1S/C19H25NO2Si/c1-14(2)20-19(21)22-17-13-16(15-9-7-6-8-10-15)11-12-18(17)23(3,4)5/h6-14H,1-5H3,(H,20,21). The van der Waals surface area contributed by atoms with Gasteiger partial charge in [-0.05, 0) is 36.2 Å². The molecule has 0 aliphatic heterocycles. The third kappa shape index (κ3) is 4.70. The minimum Gasteiger partial charge on any atom is -0.410 e. The fourth-order valence-corrected chi connectivity index (χ4v) is 3.85. The number of carbonyl (C=O) groups excluding carboxylic acids is 1. The van der Waals surface area contributed by atoms with Crippen LogP contribution in [0.3, 0.4) is 0 Å². The summed E-state index contributed by atoms with van der Waals surface area (Å²) in [6, 6.07) is 16.4. The molecule has 0 fully saturated rings. The maximum Gasteiger partial charge on any atom is 0.412 e. The van der Waals surface area contributed by atoms with Gasteiger partial charge in [-0.25, -0.2) is 4.79 Å². The van der Waals surface area contributed by atoms with Crippen LogP contribution in [0.2, 0.25) is 19.6 Å². The normalized spacial score (nSPS) is 11.4. The van der Waals surface area contributed by atoms with E-state index in [-0.39, 0.29) is 6.04 Å². The van der Waals surface area contributed by atoms with E-state index in [0.29, 0.717) is 5.75 Å². The first kappa shape index (κ1) is 17.3. The smallest absolute Gasteiger partial charge is 0.410 e. The minimum atomic E-state index is -1.61. The molecule has 2 aromatic rings. The van der Waals surface area contributed by atoms with E-state index in [2.05, 4.69) is 49.2 Å². The summed E-state index contributed by atoms with van der Waals surface area (Å²) in [6.45, 7) is 10.6. The third-order valence-electron chi connectivity index (χ3n) is 3.51. The molecule has 0 bridgehead atoms. The van der Waals surface area contributed by atoms with Crippen LogP contribution in [0.1, 0.15) is 13.8 Å². The first-order chi connectivity index (χ1) is 10.8. The molecule has 0 saturated carbocycles. The molecule has 0 atom stereocenters. The number of benzene rings is 2. The van der Waals surface area contributed by atoms with Gasteiger partial charge in [0.25, 0.3) is 0 Å². The van der Waals surface area contributed by atoms with E-state index in [0.717, 1.165) is 16.3 Å². The molecule has 122 valence electrons. The van der Waals surface area contributed by atoms with Crippen LogP contribution in [-0.2, 0) is 0 Å². The van der Waals surface area contributed by atoms with E-state index in [1.54, 1.807) is 0 Å². The predicted molar refractivity (Wildman–Crippen MR) is 99.2 cm³/mol. The molecule has 0 unspecified atom stereocenters. The predicted octanol–water partition coefficient (Wildman–Crippen LogP) is 4.40. The van der Waals surface area contributed by atoms with Crippen molar-refractivity contribution in [3.05, 3.63) is 48.5 Å². The zero-order chi connectivity index (χ0) is 17.0. The second-order valence-corrected chi connectivity index (χ2v) is 12.1. The van der Waals surface area contributed by atoms with Crippen LogP contribution in [0, 0.1) is 0 Å². The van der Waals surface area contributed by atoms with E-state index in [9.17, 15) is 4.79 Å². The van der Waals surface area contributed by atoms with E-state index in [1.165, 1.54) is 0 Å². The average molecular weight is 328 g/mol. The lowest BCUT2D eigenvalue weighted by Gasteiger charge is -2.21. The van der Waals surface area contributed by atoms with Crippen LogP contribution in [0.4, 0.5) is 4.79 Å². The molecule has 0 radical (unpaired) electrons. The maximum atomic E-state index is 12.0. The molecule has 0 heterocycles. The van der Waals surface area contributed by atoms with Crippen LogP contribution in [0.5, 0.6) is 5.75 Å². The van der Waals surface area contributed by atoms with Crippen LogP contribution in [0.25, 0.3) is 11.1 Å². The summed E-state index contributed by atoms with van der Waals surface area (Å²) in [5.41, 5.74) is 2.17. The Balaban J connectivity index is 2.41. The van der Waals surface area contributed by atoms with Crippen molar-refractivity contribution in [3.8, 4) is 16.9 Å². The molecule has 0 aliphatic carbocycles. The summed E-state index contributed by atoms with van der Waals surface area (Å²) in [4.78, 5) is 12.0. The Labute approximate surface area is 139 Å². The van der Waals surface area contributed by atoms with Gasteiger partial charge in [-0.15, -0.1) is 0 Å². The number of hydrogen-bond donors (Lipinski definition) is 1. The topological polar surface area (TPSA) is 38.3 Å². The van der Waals surface area contributed by atoms with Gasteiger partial charge in [-0.2, -0.15) is 0 Å². The molecule has 0 aromatic heterocycles. The van der Waals surface area contributed by atoms with Crippen molar-refractivity contribution in [1.82, 2.24) is 5.32 Å². The van der Waals surface area contributed by atoms with Gasteiger partial charge in [0.15, 0.2) is 0 Å². The second-order valence-electron chi connectivity index (χ2n) is 7.02. The Morgan fingerprint density at radius 1 is 1.00 bits per heavy atom. The Bertz CT molecular complexity index is 676. The van der Waals surface area contributed by atoms with Crippen molar-refractivity contribution in [2.24, 2.45) is 0 Å². The Kier molecular flexibility index (Phi) is 5.26. The number of rotatable bonds is 4. The largest absolute Gasteiger partial charge is 0.412 e. The summed E-state index contributed by atoms with van der Waals surface area (Å²) in [5, 5.41) is 3.93. The van der Waals surface area contributed by atoms with Gasteiger partial charge in [0.05, 0.1) is 8.07 Å². The van der Waals surface area contributed by atoms with Crippen molar-refractivity contribution in [2.45, 2.75) is 39.5 Å². The van der Waals surface area contributed by atoms with Crippen LogP contribution in [-0.4, -0.2) is 20.2 Å². The van der Waals surface area contributed by atoms with Crippen LogP contribution < -0.4 is 15.2 Å². The minimum absolute atomic E-state index is 0.0511. The number of nitrogens with one attached hydrogen (secondary N) is 1. The van der Waals surface area contributed by atoms with Crippen molar-refractivity contribution in [2.75, 3.05) is 0 Å². The van der Waals surface area contributed by atoms with Gasteiger partial charge in [-0.1, -0.05) is 62.1 Å². The molecule has 2 rings (SSSR count). The third-order valence-corrected chi connectivity index (χ3v) is 5.54. The van der Waals surface area contributed by atoms with E-state index in [4.69, 9.17) is 4.74 Å². The van der Waals surface area contributed by atoms with Crippen LogP contribution in [0.15, 0.2) is 48.5 Å². The Morgan fingerprint density at radius 2 is 1.65 bits per heavy atom. The highest BCUT2D eigenvalue weighted by atomic mass is 28.3. The van der Waals surface area contributed by atoms with Gasteiger partial charge >= 0.3 is 6.09 Å². The zero-order valence-electron chi connectivity index (χ0n) is 14.5. The molecular formula is C19H25NO2Si. The summed E-state index contributed by atoms with van der Waals surface area (Å²) >= 11 is 0. The summed E-state index contributed by atoms with van der Waals surface area (Å²) in [5.74, 6) is 0.670. The molecule has 2 aromatic carbocycles. The van der Waals surface area contributed by atoms with Crippen LogP contribution >= 0.6 is 0 Å². The SMILES string of the molecule is CC(C)NC(=O)Oc1cc(-c2ccccc2)ccc1[Si](C)(C)C. The lowest BCUT2D eigenvalue weighted by molar-refractivity contribution is 0.198. The highest BCUT2D eigenvalue weighted by molar-refractivity contribution is 6.89. The van der Waals surface area contributed by atoms with Crippen molar-refractivity contribution in [3.63, 3.8) is 0 Å². The number of hydrogen-bond acceptors (Lipinski definition) is 2. The molecule has 4 heteroatoms. The lowest BCUT2D eigenvalue weighted by Crippen LogP contribution is -2.41. The van der Waals surface area contributed by atoms with Gasteiger partial charge < -0.3 is 10.1 Å². The van der Waals surface area contributed by atoms with Gasteiger partial charge in [0, 0.05) is 6.04 Å². The summed E-state index contributed by atoms with van der Waals surface area (Å²) < 4.78 is 5.63.